The summed E-state index contributed by atoms with van der Waals surface area (Å²) in [6, 6.07) is 1.76. The molecule has 0 atom stereocenters. The van der Waals surface area contributed by atoms with Crippen molar-refractivity contribution in [3.8, 4) is 0 Å². The Labute approximate surface area is 112 Å². The van der Waals surface area contributed by atoms with Crippen molar-refractivity contribution in [3.05, 3.63) is 59.1 Å². The summed E-state index contributed by atoms with van der Waals surface area (Å²) >= 11 is 0. The largest absolute Gasteiger partial charge is 0.416 e. The van der Waals surface area contributed by atoms with Gasteiger partial charge in [-0.2, -0.15) is 13.2 Å². The third kappa shape index (κ3) is 3.26. The molecule has 0 aromatic heterocycles. The lowest BCUT2D eigenvalue weighted by Crippen LogP contribution is -2.24. The molecule has 1 N–H and O–H groups in total. The van der Waals surface area contributed by atoms with Crippen LogP contribution in [0, 0.1) is 5.82 Å². The second-order valence-corrected chi connectivity index (χ2v) is 4.29. The lowest BCUT2D eigenvalue weighted by Gasteiger charge is -2.12. The maximum Gasteiger partial charge on any atom is 0.416 e. The molecule has 0 heterocycles. The zero-order chi connectivity index (χ0) is 14.8. The fourth-order valence-electron chi connectivity index (χ4n) is 1.78. The number of amides is 1. The monoisotopic (exact) mass is 285 g/mol. The number of allylic oxidation sites excluding steroid dienone is 3. The van der Waals surface area contributed by atoms with E-state index in [4.69, 9.17) is 0 Å². The highest BCUT2D eigenvalue weighted by Crippen LogP contribution is 2.30. The number of nitrogens with one attached hydrogen (secondary N) is 1. The number of rotatable bonds is 2. The van der Waals surface area contributed by atoms with Crippen LogP contribution in [0.25, 0.3) is 0 Å². The van der Waals surface area contributed by atoms with E-state index in [2.05, 4.69) is 5.32 Å². The molecule has 0 spiro atoms. The minimum atomic E-state index is -4.62. The van der Waals surface area contributed by atoms with E-state index in [9.17, 15) is 22.4 Å². The zero-order valence-corrected chi connectivity index (χ0v) is 10.3. The number of halogens is 4. The van der Waals surface area contributed by atoms with Crippen LogP contribution in [0.15, 0.2) is 42.1 Å². The molecule has 0 radical (unpaired) electrons. The molecule has 0 fully saturated rings. The van der Waals surface area contributed by atoms with Crippen LogP contribution in [0.5, 0.6) is 0 Å². The van der Waals surface area contributed by atoms with E-state index in [1.807, 2.05) is 6.08 Å². The molecule has 1 aliphatic rings. The number of alkyl halides is 3. The highest BCUT2D eigenvalue weighted by atomic mass is 19.4. The van der Waals surface area contributed by atoms with Crippen LogP contribution in [0.1, 0.15) is 28.8 Å². The van der Waals surface area contributed by atoms with Crippen molar-refractivity contribution in [2.45, 2.75) is 19.0 Å². The molecule has 2 rings (SSSR count). The topological polar surface area (TPSA) is 29.1 Å². The summed E-state index contributed by atoms with van der Waals surface area (Å²) in [5.74, 6) is -1.89. The van der Waals surface area contributed by atoms with Gasteiger partial charge in [0.15, 0.2) is 0 Å². The van der Waals surface area contributed by atoms with Gasteiger partial charge in [-0.3, -0.25) is 4.79 Å². The Kier molecular flexibility index (Phi) is 3.92. The fourth-order valence-corrected chi connectivity index (χ4v) is 1.78. The number of carbonyl (C=O) groups is 1. The lowest BCUT2D eigenvalue weighted by molar-refractivity contribution is -0.137. The number of hydrogen-bond donors (Lipinski definition) is 1. The molecule has 1 aromatic carbocycles. The minimum absolute atomic E-state index is 0.457. The Hall–Kier alpha value is -2.11. The minimum Gasteiger partial charge on any atom is -0.322 e. The van der Waals surface area contributed by atoms with Crippen molar-refractivity contribution in [3.63, 3.8) is 0 Å². The molecule has 106 valence electrons. The van der Waals surface area contributed by atoms with Crippen molar-refractivity contribution in [1.29, 1.82) is 0 Å². The summed E-state index contributed by atoms with van der Waals surface area (Å²) in [5, 5.41) is 2.38. The normalized spacial score (nSPS) is 14.9. The van der Waals surface area contributed by atoms with Gasteiger partial charge in [0.1, 0.15) is 5.82 Å². The van der Waals surface area contributed by atoms with Gasteiger partial charge in [-0.15, -0.1) is 0 Å². The molecule has 6 heteroatoms. The van der Waals surface area contributed by atoms with Crippen LogP contribution < -0.4 is 5.32 Å². The van der Waals surface area contributed by atoms with E-state index in [1.54, 1.807) is 12.2 Å². The van der Waals surface area contributed by atoms with E-state index >= 15 is 0 Å². The van der Waals surface area contributed by atoms with Crippen molar-refractivity contribution in [1.82, 2.24) is 5.32 Å². The maximum absolute atomic E-state index is 13.5. The fraction of sp³-hybridized carbons (Fsp3) is 0.214. The second-order valence-electron chi connectivity index (χ2n) is 4.29. The van der Waals surface area contributed by atoms with Gasteiger partial charge in [-0.25, -0.2) is 4.39 Å². The molecular formula is C14H11F4NO. The predicted molar refractivity (Wildman–Crippen MR) is 65.3 cm³/mol. The highest BCUT2D eigenvalue weighted by Gasteiger charge is 2.31. The second kappa shape index (κ2) is 5.48. The van der Waals surface area contributed by atoms with Crippen LogP contribution >= 0.6 is 0 Å². The van der Waals surface area contributed by atoms with Crippen molar-refractivity contribution in [2.75, 3.05) is 0 Å². The van der Waals surface area contributed by atoms with Crippen molar-refractivity contribution in [2.24, 2.45) is 0 Å². The molecule has 0 bridgehead atoms. The van der Waals surface area contributed by atoms with Gasteiger partial charge < -0.3 is 5.32 Å². The van der Waals surface area contributed by atoms with Gasteiger partial charge >= 0.3 is 6.18 Å². The first-order chi connectivity index (χ1) is 9.38. The Balaban J connectivity index is 2.25. The first-order valence-electron chi connectivity index (χ1n) is 5.93. The summed E-state index contributed by atoms with van der Waals surface area (Å²) in [6.45, 7) is 0. The highest BCUT2D eigenvalue weighted by molar-refractivity contribution is 5.96. The summed E-state index contributed by atoms with van der Waals surface area (Å²) < 4.78 is 51.1. The van der Waals surface area contributed by atoms with Crippen LogP contribution in [0.3, 0.4) is 0 Å². The van der Waals surface area contributed by atoms with Crippen LogP contribution in [0.2, 0.25) is 0 Å². The molecule has 1 aliphatic carbocycles. The van der Waals surface area contributed by atoms with Crippen LogP contribution in [-0.2, 0) is 6.18 Å². The first kappa shape index (κ1) is 14.3. The molecule has 0 saturated carbocycles. The summed E-state index contributed by atoms with van der Waals surface area (Å²) in [4.78, 5) is 11.8. The van der Waals surface area contributed by atoms with Crippen molar-refractivity contribution < 1.29 is 22.4 Å². The Morgan fingerprint density at radius 2 is 1.95 bits per heavy atom. The molecule has 20 heavy (non-hydrogen) atoms. The molecule has 0 saturated heterocycles. The van der Waals surface area contributed by atoms with Crippen LogP contribution in [-0.4, -0.2) is 5.91 Å². The van der Waals surface area contributed by atoms with Gasteiger partial charge in [0, 0.05) is 5.70 Å². The average Bonchev–Trinajstić information content (AvgIpc) is 2.39. The summed E-state index contributed by atoms with van der Waals surface area (Å²) in [5.41, 5.74) is -1.23. The van der Waals surface area contributed by atoms with Gasteiger partial charge in [0.05, 0.1) is 11.1 Å². The molecular weight excluding hydrogens is 274 g/mol. The smallest absolute Gasteiger partial charge is 0.322 e. The third-order valence-corrected chi connectivity index (χ3v) is 2.79. The molecule has 1 aromatic rings. The average molecular weight is 285 g/mol. The summed E-state index contributed by atoms with van der Waals surface area (Å²) in [6.07, 6.45) is 2.11. The van der Waals surface area contributed by atoms with Gasteiger partial charge in [0.2, 0.25) is 0 Å². The van der Waals surface area contributed by atoms with Gasteiger partial charge in [-0.05, 0) is 37.1 Å². The van der Waals surface area contributed by atoms with E-state index < -0.39 is 29.0 Å². The standard InChI is InChI=1S/C14H11F4NO/c15-12-7-6-9(14(16,17)18)8-11(12)13(20)19-10-4-2-1-3-5-10/h2,4-8H,1,3H2,(H,19,20). The first-order valence-corrected chi connectivity index (χ1v) is 5.93. The SMILES string of the molecule is O=C(NC1=CCCC=C1)c1cc(C(F)(F)F)ccc1F. The molecule has 1 amide bonds. The maximum atomic E-state index is 13.5. The van der Waals surface area contributed by atoms with E-state index in [0.29, 0.717) is 23.9 Å². The van der Waals surface area contributed by atoms with Gasteiger partial charge in [-0.1, -0.05) is 12.2 Å². The number of hydrogen-bond acceptors (Lipinski definition) is 1. The Morgan fingerprint density at radius 1 is 1.20 bits per heavy atom. The van der Waals surface area contributed by atoms with E-state index in [0.717, 1.165) is 12.8 Å². The molecule has 2 nitrogen and oxygen atoms in total. The Morgan fingerprint density at radius 3 is 2.55 bits per heavy atom. The zero-order valence-electron chi connectivity index (χ0n) is 10.3. The summed E-state index contributed by atoms with van der Waals surface area (Å²) in [7, 11) is 0. The molecule has 0 unspecified atom stereocenters. The molecule has 0 aliphatic heterocycles. The number of benzene rings is 1. The predicted octanol–water partition coefficient (Wildman–Crippen LogP) is 3.81. The van der Waals surface area contributed by atoms with Crippen LogP contribution in [0.4, 0.5) is 17.6 Å². The van der Waals surface area contributed by atoms with E-state index in [-0.39, 0.29) is 0 Å². The number of carbonyl (C=O) groups excluding carboxylic acids is 1. The third-order valence-electron chi connectivity index (χ3n) is 2.79. The lowest BCUT2D eigenvalue weighted by atomic mass is 10.1. The van der Waals surface area contributed by atoms with Crippen molar-refractivity contribution >= 4 is 5.91 Å². The van der Waals surface area contributed by atoms with E-state index in [1.165, 1.54) is 0 Å². The quantitative estimate of drug-likeness (QED) is 0.823. The Bertz CT molecular complexity index is 587. The van der Waals surface area contributed by atoms with Gasteiger partial charge in [0.25, 0.3) is 5.91 Å².